The van der Waals surface area contributed by atoms with Gasteiger partial charge in [-0.3, -0.25) is 39.7 Å². The lowest BCUT2D eigenvalue weighted by Crippen LogP contribution is -2.48. The van der Waals surface area contributed by atoms with Crippen LogP contribution in [-0.2, 0) is 30.1 Å². The highest BCUT2D eigenvalue weighted by Gasteiger charge is 2.24. The van der Waals surface area contributed by atoms with Crippen LogP contribution in [0.25, 0.3) is 0 Å². The molecule has 0 spiro atoms. The van der Waals surface area contributed by atoms with E-state index in [1.807, 2.05) is 5.43 Å². The molecule has 3 aromatic rings. The Bertz CT molecular complexity index is 2170. The molecule has 0 unspecified atom stereocenters. The number of phenolic OH excluding ortho intramolecular Hbond substituents is 1. The SMILES string of the molecule is C=CS(=O)(=O)c1ccc(NN=c2c(=O)ccc(=NNc3cc(S(=O)(=O)O)cc([N+](=O)[O-])c3O)c2=O)c(S(=O)(=O)O)c1. The van der Waals surface area contributed by atoms with E-state index in [0.29, 0.717) is 23.6 Å². The number of hydrogen-bond donors (Lipinski definition) is 5. The van der Waals surface area contributed by atoms with Gasteiger partial charge in [-0.1, -0.05) is 6.58 Å². The van der Waals surface area contributed by atoms with Gasteiger partial charge in [0, 0.05) is 11.5 Å². The summed E-state index contributed by atoms with van der Waals surface area (Å²) >= 11 is 0. The fraction of sp³-hybridized carbons (Fsp3) is 0. The Morgan fingerprint density at radius 2 is 1.49 bits per heavy atom. The molecule has 0 atom stereocenters. The minimum Gasteiger partial charge on any atom is -0.501 e. The van der Waals surface area contributed by atoms with Crippen LogP contribution in [-0.4, -0.2) is 44.4 Å². The van der Waals surface area contributed by atoms with Gasteiger partial charge in [0.05, 0.1) is 15.5 Å². The number of anilines is 2. The van der Waals surface area contributed by atoms with Crippen molar-refractivity contribution in [3.63, 3.8) is 0 Å². The van der Waals surface area contributed by atoms with Gasteiger partial charge in [0.2, 0.25) is 16.6 Å². The smallest absolute Gasteiger partial charge is 0.314 e. The van der Waals surface area contributed by atoms with Gasteiger partial charge in [-0.05, 0) is 36.4 Å². The van der Waals surface area contributed by atoms with E-state index in [4.69, 9.17) is 0 Å². The topological polar surface area (TPSA) is 289 Å². The van der Waals surface area contributed by atoms with E-state index in [9.17, 15) is 59.2 Å². The summed E-state index contributed by atoms with van der Waals surface area (Å²) in [4.78, 5) is 32.5. The van der Waals surface area contributed by atoms with Gasteiger partial charge in [0.1, 0.15) is 20.8 Å². The van der Waals surface area contributed by atoms with Crippen LogP contribution in [0.2, 0.25) is 0 Å². The predicted octanol–water partition coefficient (Wildman–Crippen LogP) is -0.837. The van der Waals surface area contributed by atoms with Crippen molar-refractivity contribution in [1.29, 1.82) is 0 Å². The molecule has 0 bridgehead atoms. The van der Waals surface area contributed by atoms with Crippen molar-refractivity contribution in [1.82, 2.24) is 0 Å². The fourth-order valence-corrected chi connectivity index (χ4v) is 5.02. The lowest BCUT2D eigenvalue weighted by atomic mass is 10.2. The Kier molecular flexibility index (Phi) is 8.22. The van der Waals surface area contributed by atoms with E-state index in [1.165, 1.54) is 0 Å². The molecule has 0 saturated carbocycles. The Balaban J connectivity index is 2.13. The number of nitro groups is 1. The normalized spacial score (nSPS) is 13.1. The van der Waals surface area contributed by atoms with Gasteiger partial charge < -0.3 is 5.11 Å². The molecule has 5 N–H and O–H groups in total. The van der Waals surface area contributed by atoms with Gasteiger partial charge in [-0.25, -0.2) is 8.42 Å². The van der Waals surface area contributed by atoms with Crippen molar-refractivity contribution >= 4 is 47.1 Å². The van der Waals surface area contributed by atoms with Crippen LogP contribution >= 0.6 is 0 Å². The molecule has 18 nitrogen and oxygen atoms in total. The molecule has 0 aliphatic rings. The number of nitrogens with zero attached hydrogens (tertiary/aromatic N) is 3. The van der Waals surface area contributed by atoms with E-state index in [1.54, 1.807) is 0 Å². The van der Waals surface area contributed by atoms with Crippen LogP contribution in [0.15, 0.2) is 88.9 Å². The first kappa shape index (κ1) is 30.7. The third-order valence-corrected chi connectivity index (χ3v) is 8.07. The molecule has 216 valence electrons. The second-order valence-electron chi connectivity index (χ2n) is 7.62. The predicted molar refractivity (Wildman–Crippen MR) is 138 cm³/mol. The molecule has 0 aliphatic heterocycles. The molecule has 0 heterocycles. The van der Waals surface area contributed by atoms with Crippen molar-refractivity contribution in [3.8, 4) is 5.75 Å². The summed E-state index contributed by atoms with van der Waals surface area (Å²) in [6.07, 6.45) is 0. The third kappa shape index (κ3) is 6.67. The molecule has 0 aromatic heterocycles. The van der Waals surface area contributed by atoms with Crippen LogP contribution < -0.4 is 32.4 Å². The molecule has 21 heteroatoms. The van der Waals surface area contributed by atoms with Gasteiger partial charge in [0.25, 0.3) is 20.2 Å². The molecule has 0 radical (unpaired) electrons. The average Bonchev–Trinajstić information content (AvgIpc) is 2.87. The number of aromatic hydroxyl groups is 1. The zero-order chi connectivity index (χ0) is 30.9. The van der Waals surface area contributed by atoms with E-state index >= 15 is 0 Å². The van der Waals surface area contributed by atoms with Crippen molar-refractivity contribution in [2.45, 2.75) is 14.7 Å². The first-order valence-electron chi connectivity index (χ1n) is 10.3. The number of benzene rings is 3. The Morgan fingerprint density at radius 1 is 0.854 bits per heavy atom. The van der Waals surface area contributed by atoms with Gasteiger partial charge in [-0.15, -0.1) is 0 Å². The van der Waals surface area contributed by atoms with Gasteiger partial charge in [0.15, 0.2) is 15.2 Å². The van der Waals surface area contributed by atoms with E-state index < -0.39 is 94.1 Å². The highest BCUT2D eigenvalue weighted by Crippen LogP contribution is 2.36. The standard InChI is InChI=1S/C20H15N5O13S3/c1-2-39(31,32)10-3-4-12(17(9-10)41(36,37)38)21-24-18-16(26)6-5-13(20(18)28)22-23-14-7-11(40(33,34)35)8-15(19(14)27)25(29)30/h2-9,21,23,27H,1H2,(H,33,34,35)(H,36,37,38). The molecule has 41 heavy (non-hydrogen) atoms. The maximum absolute atomic E-state index is 12.8. The minimum absolute atomic E-state index is 0.365. The number of phenols is 1. The quantitative estimate of drug-likeness (QED) is 0.0834. The monoisotopic (exact) mass is 629 g/mol. The van der Waals surface area contributed by atoms with Crippen molar-refractivity contribution in [2.24, 2.45) is 10.2 Å². The second kappa shape index (κ2) is 11.0. The summed E-state index contributed by atoms with van der Waals surface area (Å²) in [5.74, 6) is -1.12. The van der Waals surface area contributed by atoms with E-state index in [2.05, 4.69) is 22.2 Å². The minimum atomic E-state index is -5.06. The molecule has 0 amide bonds. The second-order valence-corrected chi connectivity index (χ2v) is 12.3. The van der Waals surface area contributed by atoms with E-state index in [-0.39, 0.29) is 0 Å². The van der Waals surface area contributed by atoms with Crippen LogP contribution in [0.5, 0.6) is 5.75 Å². The summed E-state index contributed by atoms with van der Waals surface area (Å²) in [7, 11) is -14.2. The Hall–Kier alpha value is -4.83. The molecule has 0 aliphatic carbocycles. The van der Waals surface area contributed by atoms with Crippen LogP contribution in [0.1, 0.15) is 0 Å². The lowest BCUT2D eigenvalue weighted by Gasteiger charge is -2.08. The number of nitro benzene ring substituents is 1. The largest absolute Gasteiger partial charge is 0.501 e. The first-order chi connectivity index (χ1) is 18.9. The van der Waals surface area contributed by atoms with Crippen LogP contribution in [0.3, 0.4) is 0 Å². The van der Waals surface area contributed by atoms with Crippen molar-refractivity contribution in [2.75, 3.05) is 10.9 Å². The molecule has 3 rings (SSSR count). The lowest BCUT2D eigenvalue weighted by molar-refractivity contribution is -0.386. The van der Waals surface area contributed by atoms with Gasteiger partial charge >= 0.3 is 5.69 Å². The molecule has 0 saturated heterocycles. The molecular weight excluding hydrogens is 614 g/mol. The van der Waals surface area contributed by atoms with Gasteiger partial charge in [-0.2, -0.15) is 27.0 Å². The summed E-state index contributed by atoms with van der Waals surface area (Å²) in [5.41, 5.74) is -0.601. The highest BCUT2D eigenvalue weighted by atomic mass is 32.2. The summed E-state index contributed by atoms with van der Waals surface area (Å²) in [6, 6.07) is 4.92. The van der Waals surface area contributed by atoms with E-state index in [0.717, 1.165) is 24.3 Å². The number of sulfone groups is 1. The molecular formula is C20H15N5O13S3. The molecule has 3 aromatic carbocycles. The zero-order valence-electron chi connectivity index (χ0n) is 19.8. The zero-order valence-corrected chi connectivity index (χ0v) is 22.3. The Labute approximate surface area is 228 Å². The van der Waals surface area contributed by atoms with Crippen molar-refractivity contribution in [3.05, 3.63) is 95.7 Å². The summed E-state index contributed by atoms with van der Waals surface area (Å²) < 4.78 is 89.2. The Morgan fingerprint density at radius 3 is 2.05 bits per heavy atom. The maximum atomic E-state index is 12.8. The fourth-order valence-electron chi connectivity index (χ4n) is 3.02. The maximum Gasteiger partial charge on any atom is 0.314 e. The summed E-state index contributed by atoms with van der Waals surface area (Å²) in [6.45, 7) is 3.09. The highest BCUT2D eigenvalue weighted by molar-refractivity contribution is 7.94. The summed E-state index contributed by atoms with van der Waals surface area (Å²) in [5, 5.41) is 27.3. The number of hydrogen-bond acceptors (Lipinski definition) is 15. The number of rotatable bonds is 9. The van der Waals surface area contributed by atoms with Crippen molar-refractivity contribution < 1.29 is 44.4 Å². The first-order valence-corrected chi connectivity index (χ1v) is 14.7. The average molecular weight is 630 g/mol. The molecule has 0 fully saturated rings. The van der Waals surface area contributed by atoms with Crippen LogP contribution in [0, 0.1) is 10.1 Å². The van der Waals surface area contributed by atoms with Crippen LogP contribution in [0.4, 0.5) is 17.1 Å². The third-order valence-electron chi connectivity index (χ3n) is 5.00. The number of nitrogens with one attached hydrogen (secondary N) is 2.